The van der Waals surface area contributed by atoms with Gasteiger partial charge in [0, 0.05) is 24.6 Å². The van der Waals surface area contributed by atoms with Crippen LogP contribution in [0.4, 0.5) is 8.78 Å². The molecule has 1 aromatic carbocycles. The van der Waals surface area contributed by atoms with Crippen LogP contribution in [0.15, 0.2) is 18.2 Å². The molecule has 2 aromatic rings. The molecule has 3 atom stereocenters. The highest BCUT2D eigenvalue weighted by molar-refractivity contribution is 5.54. The van der Waals surface area contributed by atoms with Gasteiger partial charge in [0.15, 0.2) is 17.5 Å². The fraction of sp³-hybridized carbons (Fsp3) is 0.529. The quantitative estimate of drug-likeness (QED) is 0.857. The lowest BCUT2D eigenvalue weighted by Gasteiger charge is -2.32. The minimum Gasteiger partial charge on any atom is -0.394 e. The van der Waals surface area contributed by atoms with E-state index in [0.717, 1.165) is 25.0 Å². The first-order valence-electron chi connectivity index (χ1n) is 8.33. The van der Waals surface area contributed by atoms with Crippen molar-refractivity contribution in [1.29, 1.82) is 0 Å². The van der Waals surface area contributed by atoms with Crippen LogP contribution >= 0.6 is 0 Å². The molecule has 0 spiro atoms. The van der Waals surface area contributed by atoms with E-state index in [1.807, 2.05) is 0 Å². The van der Waals surface area contributed by atoms with Crippen molar-refractivity contribution in [3.05, 3.63) is 35.7 Å². The van der Waals surface area contributed by atoms with Crippen LogP contribution in [0, 0.1) is 11.6 Å². The van der Waals surface area contributed by atoms with Gasteiger partial charge in [0.25, 0.3) is 0 Å². The van der Waals surface area contributed by atoms with Crippen LogP contribution in [0.3, 0.4) is 0 Å². The highest BCUT2D eigenvalue weighted by Crippen LogP contribution is 2.33. The maximum atomic E-state index is 13.5. The molecule has 136 valence electrons. The Morgan fingerprint density at radius 3 is 2.76 bits per heavy atom. The summed E-state index contributed by atoms with van der Waals surface area (Å²) in [5.41, 5.74) is 6.57. The van der Waals surface area contributed by atoms with Gasteiger partial charge in [-0.3, -0.25) is 0 Å². The number of rotatable bonds is 5. The summed E-state index contributed by atoms with van der Waals surface area (Å²) in [6.45, 7) is 0.193. The zero-order valence-corrected chi connectivity index (χ0v) is 14.0. The first-order chi connectivity index (χ1) is 12.0. The largest absolute Gasteiger partial charge is 0.394 e. The third-order valence-corrected chi connectivity index (χ3v) is 4.69. The molecule has 6 nitrogen and oxygen atoms in total. The van der Waals surface area contributed by atoms with Crippen molar-refractivity contribution in [2.24, 2.45) is 5.73 Å². The van der Waals surface area contributed by atoms with Crippen molar-refractivity contribution < 1.29 is 18.6 Å². The summed E-state index contributed by atoms with van der Waals surface area (Å²) in [5, 5.41) is 13.7. The van der Waals surface area contributed by atoms with Gasteiger partial charge in [-0.05, 0) is 37.5 Å². The fourth-order valence-corrected chi connectivity index (χ4v) is 3.38. The van der Waals surface area contributed by atoms with Crippen LogP contribution in [-0.4, -0.2) is 45.7 Å². The summed E-state index contributed by atoms with van der Waals surface area (Å²) in [7, 11) is 1.65. The molecule has 3 rings (SSSR count). The fourth-order valence-electron chi connectivity index (χ4n) is 3.38. The first-order valence-corrected chi connectivity index (χ1v) is 8.33. The molecular formula is C17H22F2N4O2. The number of benzene rings is 1. The molecule has 0 bridgehead atoms. The molecule has 0 unspecified atom stereocenters. The monoisotopic (exact) mass is 352 g/mol. The van der Waals surface area contributed by atoms with Crippen molar-refractivity contribution in [2.75, 3.05) is 13.7 Å². The molecule has 0 amide bonds. The number of nitrogens with zero attached hydrogens (tertiary/aromatic N) is 3. The Morgan fingerprint density at radius 1 is 1.32 bits per heavy atom. The molecule has 25 heavy (non-hydrogen) atoms. The van der Waals surface area contributed by atoms with Crippen molar-refractivity contribution in [2.45, 2.75) is 43.9 Å². The predicted molar refractivity (Wildman–Crippen MR) is 87.8 cm³/mol. The van der Waals surface area contributed by atoms with E-state index in [9.17, 15) is 13.9 Å². The molecule has 1 heterocycles. The van der Waals surface area contributed by atoms with Crippen molar-refractivity contribution >= 4 is 0 Å². The summed E-state index contributed by atoms with van der Waals surface area (Å²) in [6, 6.07) is 3.46. The summed E-state index contributed by atoms with van der Waals surface area (Å²) in [5.74, 6) is -0.758. The average molecular weight is 352 g/mol. The number of aliphatic hydroxyl groups excluding tert-OH is 1. The number of hydrogen-bond donors (Lipinski definition) is 2. The molecule has 1 aliphatic carbocycles. The van der Waals surface area contributed by atoms with Crippen LogP contribution in [0.2, 0.25) is 0 Å². The number of nitrogens with two attached hydrogens (primary N) is 1. The Balaban J connectivity index is 1.91. The topological polar surface area (TPSA) is 86.2 Å². The minimum absolute atomic E-state index is 0.0242. The Hall–Kier alpha value is -1.90. The Labute approximate surface area is 144 Å². The van der Waals surface area contributed by atoms with Gasteiger partial charge in [-0.15, -0.1) is 0 Å². The van der Waals surface area contributed by atoms with Crippen molar-refractivity contribution in [3.63, 3.8) is 0 Å². The van der Waals surface area contributed by atoms with Gasteiger partial charge in [-0.1, -0.05) is 0 Å². The SMILES string of the molecule is CO[C@@H]1CC[C@H](c2nc(-c3ccc(F)c(F)c3)nn2CCO)C[C@H]1N. The van der Waals surface area contributed by atoms with Crippen LogP contribution in [0.5, 0.6) is 0 Å². The van der Waals surface area contributed by atoms with Crippen molar-refractivity contribution in [3.8, 4) is 11.4 Å². The van der Waals surface area contributed by atoms with Crippen LogP contribution in [-0.2, 0) is 11.3 Å². The normalized spacial score (nSPS) is 23.8. The third kappa shape index (κ3) is 3.70. The van der Waals surface area contributed by atoms with Gasteiger partial charge in [-0.25, -0.2) is 18.4 Å². The maximum Gasteiger partial charge on any atom is 0.181 e. The van der Waals surface area contributed by atoms with Gasteiger partial charge in [0.1, 0.15) is 5.82 Å². The van der Waals surface area contributed by atoms with Gasteiger partial charge in [0.05, 0.1) is 19.3 Å². The van der Waals surface area contributed by atoms with Gasteiger partial charge < -0.3 is 15.6 Å². The van der Waals surface area contributed by atoms with Crippen molar-refractivity contribution in [1.82, 2.24) is 14.8 Å². The second-order valence-electron chi connectivity index (χ2n) is 6.32. The summed E-state index contributed by atoms with van der Waals surface area (Å²) in [6.07, 6.45) is 2.37. The predicted octanol–water partition coefficient (Wildman–Crippen LogP) is 1.83. The molecule has 3 N–H and O–H groups in total. The van der Waals surface area contributed by atoms with Gasteiger partial charge in [-0.2, -0.15) is 5.10 Å². The number of ether oxygens (including phenoxy) is 1. The second-order valence-corrected chi connectivity index (χ2v) is 6.32. The van der Waals surface area contributed by atoms with E-state index in [-0.39, 0.29) is 31.2 Å². The van der Waals surface area contributed by atoms with E-state index in [2.05, 4.69) is 10.1 Å². The highest BCUT2D eigenvalue weighted by Gasteiger charge is 2.32. The van der Waals surface area contributed by atoms with Crippen LogP contribution in [0.25, 0.3) is 11.4 Å². The lowest BCUT2D eigenvalue weighted by atomic mass is 9.83. The molecule has 0 saturated heterocycles. The number of halogens is 2. The molecule has 1 fully saturated rings. The highest BCUT2D eigenvalue weighted by atomic mass is 19.2. The van der Waals surface area contributed by atoms with E-state index in [4.69, 9.17) is 10.5 Å². The number of aliphatic hydroxyl groups is 1. The van der Waals surface area contributed by atoms with E-state index >= 15 is 0 Å². The Morgan fingerprint density at radius 2 is 2.12 bits per heavy atom. The summed E-state index contributed by atoms with van der Waals surface area (Å²) in [4.78, 5) is 4.53. The van der Waals surface area contributed by atoms with Gasteiger partial charge in [0.2, 0.25) is 0 Å². The van der Waals surface area contributed by atoms with Gasteiger partial charge >= 0.3 is 0 Å². The first kappa shape index (κ1) is 17.9. The molecule has 1 aromatic heterocycles. The molecule has 1 saturated carbocycles. The zero-order chi connectivity index (χ0) is 18.0. The average Bonchev–Trinajstić information content (AvgIpc) is 3.01. The minimum atomic E-state index is -0.944. The molecular weight excluding hydrogens is 330 g/mol. The van der Waals surface area contributed by atoms with E-state index in [1.165, 1.54) is 6.07 Å². The Kier molecular flexibility index (Phi) is 5.41. The molecule has 8 heteroatoms. The van der Waals surface area contributed by atoms with E-state index in [1.54, 1.807) is 11.8 Å². The number of aromatic nitrogens is 3. The third-order valence-electron chi connectivity index (χ3n) is 4.69. The number of hydrogen-bond acceptors (Lipinski definition) is 5. The lowest BCUT2D eigenvalue weighted by molar-refractivity contribution is 0.0478. The number of methoxy groups -OCH3 is 1. The molecule has 1 aliphatic rings. The van der Waals surface area contributed by atoms with Crippen LogP contribution in [0.1, 0.15) is 31.0 Å². The Bertz CT molecular complexity index is 737. The smallest absolute Gasteiger partial charge is 0.181 e. The van der Waals surface area contributed by atoms with E-state index < -0.39 is 11.6 Å². The van der Waals surface area contributed by atoms with E-state index in [0.29, 0.717) is 23.6 Å². The standard InChI is InChI=1S/C17H22F2N4O2/c1-25-15-5-3-11(9-14(15)20)17-21-16(22-23(17)6-7-24)10-2-4-12(18)13(19)8-10/h2,4,8,11,14-15,24H,3,5-7,9,20H2,1H3/t11-,14+,15+/m0/s1. The lowest BCUT2D eigenvalue weighted by Crippen LogP contribution is -2.41. The van der Waals surface area contributed by atoms with Crippen LogP contribution < -0.4 is 5.73 Å². The summed E-state index contributed by atoms with van der Waals surface area (Å²) < 4.78 is 33.6. The molecule has 0 aliphatic heterocycles. The zero-order valence-electron chi connectivity index (χ0n) is 14.0. The molecule has 0 radical (unpaired) electrons. The second kappa shape index (κ2) is 7.55. The summed E-state index contributed by atoms with van der Waals surface area (Å²) >= 11 is 0. The maximum absolute atomic E-state index is 13.5.